The Morgan fingerprint density at radius 1 is 1.36 bits per heavy atom. The van der Waals surface area contributed by atoms with E-state index in [9.17, 15) is 9.90 Å². The number of imidazole rings is 1. The lowest BCUT2D eigenvalue weighted by atomic mass is 10.1. The number of aromatic nitrogens is 3. The van der Waals surface area contributed by atoms with E-state index in [1.54, 1.807) is 53.3 Å². The van der Waals surface area contributed by atoms with Crippen LogP contribution in [0.25, 0.3) is 5.78 Å². The Morgan fingerprint density at radius 3 is 2.86 bits per heavy atom. The van der Waals surface area contributed by atoms with Crippen LogP contribution in [0.4, 0.5) is 0 Å². The second-order valence-corrected chi connectivity index (χ2v) is 5.17. The van der Waals surface area contributed by atoms with Crippen molar-refractivity contribution in [1.82, 2.24) is 19.7 Å². The van der Waals surface area contributed by atoms with Crippen molar-refractivity contribution in [2.24, 2.45) is 0 Å². The summed E-state index contributed by atoms with van der Waals surface area (Å²) in [5.41, 5.74) is 0.934. The molecule has 0 spiro atoms. The number of fused-ring (bicyclic) bond motifs is 1. The van der Waals surface area contributed by atoms with Crippen LogP contribution >= 0.6 is 11.6 Å². The van der Waals surface area contributed by atoms with Crippen molar-refractivity contribution in [3.63, 3.8) is 0 Å². The van der Waals surface area contributed by atoms with Gasteiger partial charge in [0.2, 0.25) is 5.78 Å². The maximum absolute atomic E-state index is 12.1. The van der Waals surface area contributed by atoms with Gasteiger partial charge in [0.25, 0.3) is 5.91 Å². The molecule has 0 aliphatic rings. The zero-order chi connectivity index (χ0) is 15.5. The normalized spacial score (nSPS) is 12.3. The van der Waals surface area contributed by atoms with Crippen LogP contribution in [-0.2, 0) is 0 Å². The molecule has 7 heteroatoms. The fourth-order valence-corrected chi connectivity index (χ4v) is 2.15. The zero-order valence-corrected chi connectivity index (χ0v) is 12.2. The van der Waals surface area contributed by atoms with E-state index in [0.717, 1.165) is 0 Å². The van der Waals surface area contributed by atoms with E-state index in [1.165, 1.54) is 0 Å². The summed E-state index contributed by atoms with van der Waals surface area (Å²) in [7, 11) is 0. The Kier molecular flexibility index (Phi) is 4.04. The molecule has 2 heterocycles. The first-order chi connectivity index (χ1) is 10.6. The van der Waals surface area contributed by atoms with Crippen LogP contribution < -0.4 is 5.32 Å². The van der Waals surface area contributed by atoms with Gasteiger partial charge in [-0.2, -0.15) is 0 Å². The zero-order valence-electron chi connectivity index (χ0n) is 11.5. The second-order valence-electron chi connectivity index (χ2n) is 4.73. The highest BCUT2D eigenvalue weighted by Gasteiger charge is 2.13. The number of nitrogens with one attached hydrogen (secondary N) is 1. The first kappa shape index (κ1) is 14.5. The molecule has 3 aromatic rings. The molecule has 0 saturated carbocycles. The number of nitrogens with zero attached hydrogens (tertiary/aromatic N) is 3. The topological polar surface area (TPSA) is 79.5 Å². The van der Waals surface area contributed by atoms with Crippen molar-refractivity contribution < 1.29 is 9.90 Å². The van der Waals surface area contributed by atoms with Gasteiger partial charge >= 0.3 is 0 Å². The van der Waals surface area contributed by atoms with Gasteiger partial charge in [0.1, 0.15) is 5.69 Å². The molecule has 2 aromatic heterocycles. The summed E-state index contributed by atoms with van der Waals surface area (Å²) in [5.74, 6) is 0.0874. The minimum atomic E-state index is -0.809. The molecule has 0 bridgehead atoms. The third kappa shape index (κ3) is 3.08. The summed E-state index contributed by atoms with van der Waals surface area (Å²) in [5, 5.41) is 13.3. The van der Waals surface area contributed by atoms with Crippen LogP contribution in [0.2, 0.25) is 5.02 Å². The van der Waals surface area contributed by atoms with Crippen molar-refractivity contribution in [3.8, 4) is 0 Å². The fourth-order valence-electron chi connectivity index (χ4n) is 2.02. The fraction of sp³-hybridized carbons (Fsp3) is 0.133. The summed E-state index contributed by atoms with van der Waals surface area (Å²) < 4.78 is 1.66. The molecular formula is C15H13ClN4O2. The summed E-state index contributed by atoms with van der Waals surface area (Å²) in [6.45, 7) is 0.0851. The number of benzene rings is 1. The van der Waals surface area contributed by atoms with Crippen molar-refractivity contribution in [2.75, 3.05) is 6.54 Å². The number of rotatable bonds is 4. The molecule has 3 rings (SSSR count). The predicted molar refractivity (Wildman–Crippen MR) is 81.7 cm³/mol. The second kappa shape index (κ2) is 6.13. The maximum atomic E-state index is 12.1. The SMILES string of the molecule is O=C(NCC(O)c1ccc(Cl)cc1)c1cn2cccnc2n1. The van der Waals surface area contributed by atoms with Gasteiger partial charge in [-0.25, -0.2) is 9.97 Å². The van der Waals surface area contributed by atoms with Gasteiger partial charge in [-0.15, -0.1) is 0 Å². The number of aliphatic hydroxyl groups excluding tert-OH is 1. The third-order valence-electron chi connectivity index (χ3n) is 3.18. The first-order valence-corrected chi connectivity index (χ1v) is 7.03. The Balaban J connectivity index is 1.65. The Hall–Kier alpha value is -2.44. The van der Waals surface area contributed by atoms with E-state index >= 15 is 0 Å². The molecule has 6 nitrogen and oxygen atoms in total. The van der Waals surface area contributed by atoms with E-state index in [-0.39, 0.29) is 18.1 Å². The van der Waals surface area contributed by atoms with E-state index < -0.39 is 6.10 Å². The highest BCUT2D eigenvalue weighted by molar-refractivity contribution is 6.30. The molecule has 0 fully saturated rings. The van der Waals surface area contributed by atoms with E-state index in [2.05, 4.69) is 15.3 Å². The quantitative estimate of drug-likeness (QED) is 0.770. The van der Waals surface area contributed by atoms with Crippen molar-refractivity contribution in [1.29, 1.82) is 0 Å². The molecule has 1 aromatic carbocycles. The number of amides is 1. The Bertz CT molecular complexity index is 768. The van der Waals surface area contributed by atoms with Crippen LogP contribution in [0.3, 0.4) is 0 Å². The van der Waals surface area contributed by atoms with Crippen LogP contribution in [0, 0.1) is 0 Å². The Labute approximate surface area is 131 Å². The number of carbonyl (C=O) groups is 1. The van der Waals surface area contributed by atoms with Gasteiger partial charge in [0, 0.05) is 30.2 Å². The number of halogens is 1. The molecule has 1 amide bonds. The van der Waals surface area contributed by atoms with Gasteiger partial charge in [0.05, 0.1) is 6.10 Å². The third-order valence-corrected chi connectivity index (χ3v) is 3.43. The first-order valence-electron chi connectivity index (χ1n) is 6.65. The average molecular weight is 317 g/mol. The standard InChI is InChI=1S/C15H13ClN4O2/c16-11-4-2-10(3-5-11)13(21)8-18-14(22)12-9-20-7-1-6-17-15(20)19-12/h1-7,9,13,21H,8H2,(H,18,22). The van der Waals surface area contributed by atoms with E-state index in [0.29, 0.717) is 16.4 Å². The van der Waals surface area contributed by atoms with Gasteiger partial charge in [-0.1, -0.05) is 23.7 Å². The summed E-state index contributed by atoms with van der Waals surface area (Å²) in [6, 6.07) is 8.56. The van der Waals surface area contributed by atoms with Crippen LogP contribution in [0.15, 0.2) is 48.9 Å². The van der Waals surface area contributed by atoms with Crippen molar-refractivity contribution in [3.05, 3.63) is 65.2 Å². The number of hydrogen-bond acceptors (Lipinski definition) is 4. The molecule has 0 aliphatic carbocycles. The maximum Gasteiger partial charge on any atom is 0.271 e. The molecular weight excluding hydrogens is 304 g/mol. The van der Waals surface area contributed by atoms with Gasteiger partial charge < -0.3 is 10.4 Å². The van der Waals surface area contributed by atoms with E-state index in [1.807, 2.05) is 0 Å². The minimum Gasteiger partial charge on any atom is -0.387 e. The molecule has 1 unspecified atom stereocenters. The Morgan fingerprint density at radius 2 is 2.14 bits per heavy atom. The predicted octanol–water partition coefficient (Wildman–Crippen LogP) is 1.85. The highest BCUT2D eigenvalue weighted by atomic mass is 35.5. The van der Waals surface area contributed by atoms with Gasteiger partial charge in [-0.05, 0) is 23.8 Å². The van der Waals surface area contributed by atoms with Gasteiger partial charge in [-0.3, -0.25) is 9.20 Å². The summed E-state index contributed by atoms with van der Waals surface area (Å²) in [4.78, 5) is 20.2. The van der Waals surface area contributed by atoms with Gasteiger partial charge in [0.15, 0.2) is 0 Å². The molecule has 112 valence electrons. The smallest absolute Gasteiger partial charge is 0.271 e. The van der Waals surface area contributed by atoms with Crippen LogP contribution in [0.1, 0.15) is 22.2 Å². The molecule has 1 atom stereocenters. The van der Waals surface area contributed by atoms with E-state index in [4.69, 9.17) is 11.6 Å². The molecule has 2 N–H and O–H groups in total. The molecule has 0 aliphatic heterocycles. The minimum absolute atomic E-state index is 0.0851. The molecule has 0 radical (unpaired) electrons. The lowest BCUT2D eigenvalue weighted by Gasteiger charge is -2.11. The number of carbonyl (C=O) groups excluding carboxylic acids is 1. The van der Waals surface area contributed by atoms with Crippen LogP contribution in [-0.4, -0.2) is 31.9 Å². The number of aliphatic hydroxyl groups is 1. The highest BCUT2D eigenvalue weighted by Crippen LogP contribution is 2.15. The van der Waals surface area contributed by atoms with Crippen LogP contribution in [0.5, 0.6) is 0 Å². The summed E-state index contributed by atoms with van der Waals surface area (Å²) >= 11 is 5.79. The monoisotopic (exact) mass is 316 g/mol. The average Bonchev–Trinajstić information content (AvgIpc) is 2.97. The largest absolute Gasteiger partial charge is 0.387 e. The molecule has 22 heavy (non-hydrogen) atoms. The van der Waals surface area contributed by atoms with Crippen molar-refractivity contribution >= 4 is 23.3 Å². The lowest BCUT2D eigenvalue weighted by Crippen LogP contribution is -2.28. The lowest BCUT2D eigenvalue weighted by molar-refractivity contribution is 0.0912. The molecule has 0 saturated heterocycles. The summed E-state index contributed by atoms with van der Waals surface area (Å²) in [6.07, 6.45) is 4.14. The van der Waals surface area contributed by atoms with Crippen molar-refractivity contribution in [2.45, 2.75) is 6.10 Å². The number of hydrogen-bond donors (Lipinski definition) is 2.